The average Bonchev–Trinajstić information content (AvgIpc) is 2.28. The van der Waals surface area contributed by atoms with Crippen LogP contribution in [0, 0.1) is 0 Å². The molecule has 0 atom stereocenters. The van der Waals surface area contributed by atoms with E-state index in [1.54, 1.807) is 0 Å². The average molecular weight is 279 g/mol. The molecule has 0 saturated heterocycles. The summed E-state index contributed by atoms with van der Waals surface area (Å²) in [5.74, 6) is 0. The van der Waals surface area contributed by atoms with Crippen molar-refractivity contribution in [1.82, 2.24) is 0 Å². The van der Waals surface area contributed by atoms with Crippen LogP contribution in [0.5, 0.6) is 0 Å². The van der Waals surface area contributed by atoms with Crippen LogP contribution in [0.4, 0.5) is 0 Å². The topological polar surface area (TPSA) is 51.2 Å². The summed E-state index contributed by atoms with van der Waals surface area (Å²) in [4.78, 5) is 22.5. The first-order valence-electron chi connectivity index (χ1n) is 3.31. The summed E-state index contributed by atoms with van der Waals surface area (Å²) in [5.41, 5.74) is 1.50. The third-order valence-corrected chi connectivity index (χ3v) is 1.21. The van der Waals surface area contributed by atoms with E-state index in [4.69, 9.17) is 14.4 Å². The molecule has 0 amide bonds. The van der Waals surface area contributed by atoms with Gasteiger partial charge in [-0.1, -0.05) is 23.8 Å². The van der Waals surface area contributed by atoms with Gasteiger partial charge in [-0.25, -0.2) is 0 Å². The Hall–Kier alpha value is -0.887. The van der Waals surface area contributed by atoms with Gasteiger partial charge in [0.25, 0.3) is 20.4 Å². The zero-order valence-electron chi connectivity index (χ0n) is 7.72. The first-order chi connectivity index (χ1) is 6.39. The SMILES string of the molecule is CC1=CCC=CC1.[C]=O.[C]=O.[C]=O.[Ru]. The normalized spacial score (nSPS) is 10.5. The first kappa shape index (κ1) is 23.2. The van der Waals surface area contributed by atoms with E-state index in [0.717, 1.165) is 6.42 Å². The Morgan fingerprint density at radius 2 is 1.43 bits per heavy atom. The van der Waals surface area contributed by atoms with E-state index in [0.29, 0.717) is 0 Å². The molecule has 0 fully saturated rings. The zero-order chi connectivity index (χ0) is 11.1. The van der Waals surface area contributed by atoms with Crippen molar-refractivity contribution in [3.8, 4) is 0 Å². The Morgan fingerprint density at radius 1 is 1.00 bits per heavy atom. The Balaban J connectivity index is -0.0000000625. The molecular formula is C10H10O3Ru. The second-order valence-corrected chi connectivity index (χ2v) is 1.96. The molecule has 0 aromatic carbocycles. The van der Waals surface area contributed by atoms with Gasteiger partial charge >= 0.3 is 0 Å². The summed E-state index contributed by atoms with van der Waals surface area (Å²) in [7, 11) is 0. The summed E-state index contributed by atoms with van der Waals surface area (Å²) in [6.45, 7) is 15.7. The van der Waals surface area contributed by atoms with Crippen molar-refractivity contribution < 1.29 is 33.9 Å². The molecule has 76 valence electrons. The molecule has 3 nitrogen and oxygen atoms in total. The molecule has 1 aliphatic rings. The number of hydrogen-bond acceptors (Lipinski definition) is 3. The molecule has 1 rings (SSSR count). The van der Waals surface area contributed by atoms with Crippen molar-refractivity contribution in [3.05, 3.63) is 23.8 Å². The molecule has 0 aromatic heterocycles. The summed E-state index contributed by atoms with van der Waals surface area (Å²) >= 11 is 0. The van der Waals surface area contributed by atoms with Gasteiger partial charge in [-0.3, -0.25) is 14.4 Å². The van der Waals surface area contributed by atoms with Crippen LogP contribution in [0.1, 0.15) is 19.8 Å². The van der Waals surface area contributed by atoms with Crippen LogP contribution in [-0.2, 0) is 33.9 Å². The summed E-state index contributed by atoms with van der Waals surface area (Å²) in [6, 6.07) is 0. The van der Waals surface area contributed by atoms with Crippen LogP contribution in [0.3, 0.4) is 0 Å². The predicted octanol–water partition coefficient (Wildman–Crippen LogP) is 1.09. The maximum Gasteiger partial charge on any atom is 0.281 e. The minimum atomic E-state index is 0. The van der Waals surface area contributed by atoms with Gasteiger partial charge in [0.2, 0.25) is 0 Å². The summed E-state index contributed by atoms with van der Waals surface area (Å²) in [6.07, 6.45) is 8.99. The minimum absolute atomic E-state index is 0. The predicted molar refractivity (Wildman–Crippen MR) is 49.2 cm³/mol. The maximum absolute atomic E-state index is 7.50. The molecular weight excluding hydrogens is 269 g/mol. The van der Waals surface area contributed by atoms with Crippen LogP contribution in [0.25, 0.3) is 0 Å². The van der Waals surface area contributed by atoms with Crippen molar-refractivity contribution in [2.24, 2.45) is 0 Å². The van der Waals surface area contributed by atoms with Crippen molar-refractivity contribution >= 4 is 20.4 Å². The van der Waals surface area contributed by atoms with Gasteiger partial charge in [0.1, 0.15) is 0 Å². The molecule has 14 heavy (non-hydrogen) atoms. The van der Waals surface area contributed by atoms with Gasteiger partial charge in [-0.05, 0) is 19.8 Å². The van der Waals surface area contributed by atoms with E-state index in [1.807, 2.05) is 0 Å². The molecule has 0 aliphatic heterocycles. The van der Waals surface area contributed by atoms with Crippen molar-refractivity contribution in [1.29, 1.82) is 0 Å². The molecule has 4 heteroatoms. The van der Waals surface area contributed by atoms with E-state index in [-0.39, 0.29) is 19.5 Å². The van der Waals surface area contributed by atoms with Gasteiger partial charge in [-0.2, -0.15) is 0 Å². The quantitative estimate of drug-likeness (QED) is 0.492. The van der Waals surface area contributed by atoms with E-state index in [9.17, 15) is 0 Å². The fourth-order valence-electron chi connectivity index (χ4n) is 0.718. The molecule has 0 aromatic rings. The van der Waals surface area contributed by atoms with Gasteiger partial charge in [0, 0.05) is 19.5 Å². The van der Waals surface area contributed by atoms with E-state index in [1.165, 1.54) is 12.0 Å². The van der Waals surface area contributed by atoms with Gasteiger partial charge in [0.05, 0.1) is 0 Å². The maximum atomic E-state index is 7.50. The number of allylic oxidation sites excluding steroid dienone is 4. The Morgan fingerprint density at radius 3 is 1.57 bits per heavy atom. The number of carbonyl (C=O) groups excluding carboxylic acids is 3. The Kier molecular flexibility index (Phi) is 48.9. The number of rotatable bonds is 0. The minimum Gasteiger partial charge on any atom is -0.281 e. The monoisotopic (exact) mass is 280 g/mol. The second-order valence-electron chi connectivity index (χ2n) is 1.96. The summed E-state index contributed by atoms with van der Waals surface area (Å²) < 4.78 is 0. The molecule has 0 spiro atoms. The Bertz CT molecular complexity index is 151. The third kappa shape index (κ3) is 22.5. The number of hydrogen-bond donors (Lipinski definition) is 0. The summed E-state index contributed by atoms with van der Waals surface area (Å²) in [5, 5.41) is 0. The standard InChI is InChI=1S/C7H10.3CO.Ru/c1-7-5-3-2-4-6-7;3*1-2;/h2-3,6H,4-5H2,1H3;;;;. The van der Waals surface area contributed by atoms with Gasteiger partial charge in [0.15, 0.2) is 0 Å². The van der Waals surface area contributed by atoms with Crippen molar-refractivity contribution in [2.75, 3.05) is 0 Å². The smallest absolute Gasteiger partial charge is 0.281 e. The fraction of sp³-hybridized carbons (Fsp3) is 0.300. The van der Waals surface area contributed by atoms with E-state index < -0.39 is 0 Å². The van der Waals surface area contributed by atoms with Crippen LogP contribution < -0.4 is 0 Å². The molecule has 1 aliphatic carbocycles. The van der Waals surface area contributed by atoms with Crippen LogP contribution in [-0.4, -0.2) is 20.4 Å². The zero-order valence-corrected chi connectivity index (χ0v) is 9.46. The van der Waals surface area contributed by atoms with Crippen LogP contribution in [0.15, 0.2) is 23.8 Å². The van der Waals surface area contributed by atoms with Crippen LogP contribution in [0.2, 0.25) is 0 Å². The first-order valence-corrected chi connectivity index (χ1v) is 3.31. The van der Waals surface area contributed by atoms with Crippen LogP contribution >= 0.6 is 0 Å². The third-order valence-electron chi connectivity index (χ3n) is 1.21. The van der Waals surface area contributed by atoms with E-state index in [2.05, 4.69) is 45.5 Å². The Labute approximate surface area is 98.0 Å². The fourth-order valence-corrected chi connectivity index (χ4v) is 0.718. The van der Waals surface area contributed by atoms with Gasteiger partial charge < -0.3 is 0 Å². The molecule has 0 heterocycles. The molecule has 6 radical (unpaired) electrons. The second kappa shape index (κ2) is 29.6. The van der Waals surface area contributed by atoms with Gasteiger partial charge in [-0.15, -0.1) is 0 Å². The van der Waals surface area contributed by atoms with Crippen molar-refractivity contribution in [2.45, 2.75) is 19.8 Å². The molecule has 0 unspecified atom stereocenters. The largest absolute Gasteiger partial charge is 0.281 e. The van der Waals surface area contributed by atoms with Crippen molar-refractivity contribution in [3.63, 3.8) is 0 Å². The molecule has 0 saturated carbocycles. The van der Waals surface area contributed by atoms with E-state index >= 15 is 0 Å². The molecule has 0 N–H and O–H groups in total. The molecule has 0 bridgehead atoms.